The van der Waals surface area contributed by atoms with Gasteiger partial charge in [0.15, 0.2) is 11.0 Å². The van der Waals surface area contributed by atoms with Crippen LogP contribution in [-0.4, -0.2) is 25.8 Å². The first-order valence-corrected chi connectivity index (χ1v) is 6.87. The Kier molecular flexibility index (Phi) is 4.35. The van der Waals surface area contributed by atoms with Gasteiger partial charge in [-0.15, -0.1) is 5.10 Å². The Hall–Kier alpha value is -1.93. The van der Waals surface area contributed by atoms with Crippen LogP contribution in [0.3, 0.4) is 0 Å². The van der Waals surface area contributed by atoms with Gasteiger partial charge in [0.25, 0.3) is 0 Å². The van der Waals surface area contributed by atoms with Crippen LogP contribution in [0.25, 0.3) is 0 Å². The Morgan fingerprint density at radius 1 is 1.65 bits per heavy atom. The van der Waals surface area contributed by atoms with Gasteiger partial charge >= 0.3 is 5.69 Å². The predicted molar refractivity (Wildman–Crippen MR) is 76.6 cm³/mol. The fraction of sp³-hybridized carbons (Fsp3) is 0.182. The second-order valence-electron chi connectivity index (χ2n) is 3.76. The van der Waals surface area contributed by atoms with Crippen LogP contribution in [-0.2, 0) is 6.54 Å². The number of aromatic amines is 1. The minimum absolute atomic E-state index is 0.0981. The van der Waals surface area contributed by atoms with Gasteiger partial charge in [0, 0.05) is 11.4 Å². The molecule has 1 aromatic carbocycles. The summed E-state index contributed by atoms with van der Waals surface area (Å²) >= 11 is 7.27. The van der Waals surface area contributed by atoms with E-state index in [0.29, 0.717) is 27.2 Å². The number of H-pyrrole nitrogens is 1. The lowest BCUT2D eigenvalue weighted by Crippen LogP contribution is -2.17. The van der Waals surface area contributed by atoms with E-state index >= 15 is 0 Å². The SMILES string of the molecule is CCn1c(Sc2cccc(Cl)c2C(N)=NO)n[nH]c1=O. The largest absolute Gasteiger partial charge is 0.409 e. The molecule has 0 saturated heterocycles. The lowest BCUT2D eigenvalue weighted by atomic mass is 10.2. The monoisotopic (exact) mass is 313 g/mol. The van der Waals surface area contributed by atoms with Gasteiger partial charge in [-0.05, 0) is 30.8 Å². The van der Waals surface area contributed by atoms with Crippen molar-refractivity contribution in [3.8, 4) is 0 Å². The van der Waals surface area contributed by atoms with Crippen molar-refractivity contribution < 1.29 is 5.21 Å². The summed E-state index contributed by atoms with van der Waals surface area (Å²) in [5.74, 6) is -0.0981. The van der Waals surface area contributed by atoms with Crippen LogP contribution >= 0.6 is 23.4 Å². The lowest BCUT2D eigenvalue weighted by Gasteiger charge is -2.09. The number of rotatable bonds is 4. The molecule has 0 saturated carbocycles. The molecular weight excluding hydrogens is 302 g/mol. The molecule has 0 fully saturated rings. The van der Waals surface area contributed by atoms with Crippen LogP contribution in [0, 0.1) is 0 Å². The highest BCUT2D eigenvalue weighted by Gasteiger charge is 2.16. The molecule has 9 heteroatoms. The van der Waals surface area contributed by atoms with Gasteiger partial charge in [0.05, 0.1) is 10.6 Å². The molecule has 2 rings (SSSR count). The number of amidine groups is 1. The van der Waals surface area contributed by atoms with E-state index in [1.807, 2.05) is 6.92 Å². The van der Waals surface area contributed by atoms with E-state index in [0.717, 1.165) is 0 Å². The van der Waals surface area contributed by atoms with E-state index < -0.39 is 0 Å². The molecule has 0 spiro atoms. The van der Waals surface area contributed by atoms with Crippen molar-refractivity contribution in [2.75, 3.05) is 0 Å². The Morgan fingerprint density at radius 2 is 2.40 bits per heavy atom. The summed E-state index contributed by atoms with van der Waals surface area (Å²) in [6.07, 6.45) is 0. The van der Waals surface area contributed by atoms with Gasteiger partial charge in [0.2, 0.25) is 0 Å². The number of nitrogens with zero attached hydrogens (tertiary/aromatic N) is 3. The summed E-state index contributed by atoms with van der Waals surface area (Å²) in [5.41, 5.74) is 5.74. The van der Waals surface area contributed by atoms with Gasteiger partial charge in [-0.1, -0.05) is 22.8 Å². The molecule has 106 valence electrons. The number of nitrogens with one attached hydrogen (secondary N) is 1. The molecular formula is C11H12ClN5O2S. The highest BCUT2D eigenvalue weighted by molar-refractivity contribution is 7.99. The molecule has 0 amide bonds. The van der Waals surface area contributed by atoms with E-state index in [4.69, 9.17) is 22.5 Å². The first kappa shape index (κ1) is 14.5. The smallest absolute Gasteiger partial charge is 0.343 e. The minimum Gasteiger partial charge on any atom is -0.409 e. The average molecular weight is 314 g/mol. The number of benzene rings is 1. The fourth-order valence-electron chi connectivity index (χ4n) is 1.65. The first-order valence-electron chi connectivity index (χ1n) is 5.68. The van der Waals surface area contributed by atoms with Gasteiger partial charge in [-0.3, -0.25) is 4.57 Å². The minimum atomic E-state index is -0.289. The molecule has 0 radical (unpaired) electrons. The molecule has 1 aromatic heterocycles. The van der Waals surface area contributed by atoms with Gasteiger partial charge in [-0.25, -0.2) is 9.89 Å². The molecule has 0 aliphatic rings. The van der Waals surface area contributed by atoms with Crippen molar-refractivity contribution in [2.45, 2.75) is 23.5 Å². The maximum absolute atomic E-state index is 11.5. The highest BCUT2D eigenvalue weighted by Crippen LogP contribution is 2.32. The van der Waals surface area contributed by atoms with Crippen LogP contribution in [0.4, 0.5) is 0 Å². The fourth-order valence-corrected chi connectivity index (χ4v) is 3.05. The van der Waals surface area contributed by atoms with Gasteiger partial charge in [0.1, 0.15) is 0 Å². The summed E-state index contributed by atoms with van der Waals surface area (Å²) < 4.78 is 1.47. The summed E-state index contributed by atoms with van der Waals surface area (Å²) in [5, 5.41) is 18.9. The normalized spacial score (nSPS) is 11.8. The summed E-state index contributed by atoms with van der Waals surface area (Å²) in [6.45, 7) is 2.32. The summed E-state index contributed by atoms with van der Waals surface area (Å²) in [6, 6.07) is 5.12. The summed E-state index contributed by atoms with van der Waals surface area (Å²) in [4.78, 5) is 12.2. The standard InChI is InChI=1S/C11H12ClN5O2S/c1-2-17-10(18)14-15-11(17)20-7-5-3-4-6(12)8(7)9(13)16-19/h3-5,19H,2H2,1H3,(H2,13,16)(H,14,18). The number of nitrogens with two attached hydrogens (primary N) is 1. The highest BCUT2D eigenvalue weighted by atomic mass is 35.5. The zero-order valence-electron chi connectivity index (χ0n) is 10.5. The topological polar surface area (TPSA) is 109 Å². The van der Waals surface area contributed by atoms with Crippen molar-refractivity contribution in [3.05, 3.63) is 39.3 Å². The third-order valence-electron chi connectivity index (χ3n) is 2.58. The lowest BCUT2D eigenvalue weighted by molar-refractivity contribution is 0.318. The molecule has 1 heterocycles. The van der Waals surface area contributed by atoms with Crippen LogP contribution in [0.1, 0.15) is 12.5 Å². The van der Waals surface area contributed by atoms with Crippen LogP contribution in [0.15, 0.2) is 38.2 Å². The van der Waals surface area contributed by atoms with E-state index in [1.165, 1.54) is 16.3 Å². The molecule has 0 aliphatic carbocycles. The Morgan fingerprint density at radius 3 is 3.05 bits per heavy atom. The molecule has 4 N–H and O–H groups in total. The number of aromatic nitrogens is 3. The van der Waals surface area contributed by atoms with Crippen molar-refractivity contribution in [2.24, 2.45) is 10.9 Å². The van der Waals surface area contributed by atoms with Gasteiger partial charge < -0.3 is 10.9 Å². The predicted octanol–water partition coefficient (Wildman–Crippen LogP) is 1.49. The Bertz CT molecular complexity index is 709. The number of hydrogen-bond acceptors (Lipinski definition) is 5. The zero-order valence-corrected chi connectivity index (χ0v) is 12.1. The second-order valence-corrected chi connectivity index (χ2v) is 5.17. The van der Waals surface area contributed by atoms with Crippen molar-refractivity contribution in [1.29, 1.82) is 0 Å². The van der Waals surface area contributed by atoms with E-state index in [2.05, 4.69) is 15.4 Å². The van der Waals surface area contributed by atoms with E-state index in [9.17, 15) is 4.79 Å². The zero-order chi connectivity index (χ0) is 14.7. The molecule has 0 aliphatic heterocycles. The van der Waals surface area contributed by atoms with Gasteiger partial charge in [-0.2, -0.15) is 0 Å². The van der Waals surface area contributed by atoms with Crippen LogP contribution in [0.2, 0.25) is 5.02 Å². The second kappa shape index (κ2) is 6.02. The molecule has 7 nitrogen and oxygen atoms in total. The van der Waals surface area contributed by atoms with E-state index in [-0.39, 0.29) is 11.5 Å². The third kappa shape index (κ3) is 2.66. The average Bonchev–Trinajstić information content (AvgIpc) is 2.78. The summed E-state index contributed by atoms with van der Waals surface area (Å²) in [7, 11) is 0. The molecule has 20 heavy (non-hydrogen) atoms. The van der Waals surface area contributed by atoms with Crippen molar-refractivity contribution in [1.82, 2.24) is 14.8 Å². The quantitative estimate of drug-likeness (QED) is 0.343. The first-order chi connectivity index (χ1) is 9.58. The molecule has 0 unspecified atom stereocenters. The number of halogens is 1. The molecule has 0 atom stereocenters. The maximum Gasteiger partial charge on any atom is 0.343 e. The van der Waals surface area contributed by atoms with Crippen molar-refractivity contribution >= 4 is 29.2 Å². The maximum atomic E-state index is 11.5. The Labute approximate surface area is 123 Å². The molecule has 0 bridgehead atoms. The number of hydrogen-bond donors (Lipinski definition) is 3. The van der Waals surface area contributed by atoms with E-state index in [1.54, 1.807) is 18.2 Å². The molecule has 2 aromatic rings. The third-order valence-corrected chi connectivity index (χ3v) is 3.95. The van der Waals surface area contributed by atoms with Crippen LogP contribution < -0.4 is 11.4 Å². The van der Waals surface area contributed by atoms with Crippen LogP contribution in [0.5, 0.6) is 0 Å². The Balaban J connectivity index is 2.49. The number of oxime groups is 1. The van der Waals surface area contributed by atoms with Crippen molar-refractivity contribution in [3.63, 3.8) is 0 Å².